The van der Waals surface area contributed by atoms with Crippen LogP contribution in [0.4, 0.5) is 0 Å². The van der Waals surface area contributed by atoms with Crippen molar-refractivity contribution in [2.24, 2.45) is 0 Å². The molecule has 0 unspecified atom stereocenters. The molecule has 3 rings (SSSR count). The fourth-order valence-corrected chi connectivity index (χ4v) is 2.79. The van der Waals surface area contributed by atoms with E-state index in [1.807, 2.05) is 12.3 Å². The Labute approximate surface area is 129 Å². The first-order chi connectivity index (χ1) is 10.6. The quantitative estimate of drug-likeness (QED) is 0.748. The lowest BCUT2D eigenvalue weighted by molar-refractivity contribution is 0.0601. The standard InChI is InChI=1S/C15H13N3O3S/c1-8-16-10(7-22-8)6-13-17-12-5-9(15(20)21-2)3-4-11(12)14(19)18-13/h3-5,7H,6H2,1-2H3,(H,17,18,19). The van der Waals surface area contributed by atoms with Crippen LogP contribution in [-0.4, -0.2) is 28.0 Å². The second-order valence-electron chi connectivity index (χ2n) is 4.77. The number of methoxy groups -OCH3 is 1. The minimum Gasteiger partial charge on any atom is -0.465 e. The molecule has 3 aromatic rings. The highest BCUT2D eigenvalue weighted by Gasteiger charge is 2.10. The maximum absolute atomic E-state index is 12.1. The fourth-order valence-electron chi connectivity index (χ4n) is 2.18. The molecule has 2 heterocycles. The molecule has 0 spiro atoms. The van der Waals surface area contributed by atoms with Gasteiger partial charge in [-0.1, -0.05) is 0 Å². The number of hydrogen-bond donors (Lipinski definition) is 1. The molecular weight excluding hydrogens is 302 g/mol. The van der Waals surface area contributed by atoms with E-state index in [-0.39, 0.29) is 5.56 Å². The number of aromatic amines is 1. The first-order valence-corrected chi connectivity index (χ1v) is 7.47. The zero-order valence-electron chi connectivity index (χ0n) is 12.0. The number of carbonyl (C=O) groups excluding carboxylic acids is 1. The fraction of sp³-hybridized carbons (Fsp3) is 0.200. The van der Waals surface area contributed by atoms with Crippen molar-refractivity contribution in [2.45, 2.75) is 13.3 Å². The predicted molar refractivity (Wildman–Crippen MR) is 83.4 cm³/mol. The SMILES string of the molecule is COC(=O)c1ccc2c(=O)[nH]c(Cc3csc(C)n3)nc2c1. The molecule has 6 nitrogen and oxygen atoms in total. The second-order valence-corrected chi connectivity index (χ2v) is 5.83. The number of thiazole rings is 1. The molecule has 1 N–H and O–H groups in total. The third-order valence-corrected chi connectivity index (χ3v) is 4.01. The van der Waals surface area contributed by atoms with Gasteiger partial charge in [-0.15, -0.1) is 11.3 Å². The Hall–Kier alpha value is -2.54. The topological polar surface area (TPSA) is 84.9 Å². The van der Waals surface area contributed by atoms with E-state index < -0.39 is 5.97 Å². The highest BCUT2D eigenvalue weighted by atomic mass is 32.1. The maximum atomic E-state index is 12.1. The third kappa shape index (κ3) is 2.75. The number of fused-ring (bicyclic) bond motifs is 1. The Balaban J connectivity index is 2.05. The third-order valence-electron chi connectivity index (χ3n) is 3.19. The molecule has 0 aliphatic carbocycles. The first-order valence-electron chi connectivity index (χ1n) is 6.59. The minimum atomic E-state index is -0.458. The summed E-state index contributed by atoms with van der Waals surface area (Å²) in [5.74, 6) is 0.0606. The van der Waals surface area contributed by atoms with Crippen LogP contribution in [0.15, 0.2) is 28.4 Å². The average Bonchev–Trinajstić information content (AvgIpc) is 2.91. The number of nitrogens with one attached hydrogen (secondary N) is 1. The lowest BCUT2D eigenvalue weighted by Gasteiger charge is -2.04. The summed E-state index contributed by atoms with van der Waals surface area (Å²) in [6.45, 7) is 1.92. The largest absolute Gasteiger partial charge is 0.465 e. The summed E-state index contributed by atoms with van der Waals surface area (Å²) < 4.78 is 4.68. The molecule has 0 fully saturated rings. The summed E-state index contributed by atoms with van der Waals surface area (Å²) in [4.78, 5) is 35.2. The minimum absolute atomic E-state index is 0.233. The van der Waals surface area contributed by atoms with Gasteiger partial charge in [-0.3, -0.25) is 4.79 Å². The Morgan fingerprint density at radius 2 is 2.18 bits per heavy atom. The van der Waals surface area contributed by atoms with Crippen LogP contribution in [0.1, 0.15) is 26.9 Å². The van der Waals surface area contributed by atoms with Crippen LogP contribution in [0.5, 0.6) is 0 Å². The van der Waals surface area contributed by atoms with Crippen molar-refractivity contribution in [3.63, 3.8) is 0 Å². The van der Waals surface area contributed by atoms with Crippen molar-refractivity contribution in [3.05, 3.63) is 56.0 Å². The second kappa shape index (κ2) is 5.69. The van der Waals surface area contributed by atoms with E-state index in [2.05, 4.69) is 19.7 Å². The number of hydrogen-bond acceptors (Lipinski definition) is 6. The summed E-state index contributed by atoms with van der Waals surface area (Å²) in [5, 5.41) is 3.33. The molecule has 0 saturated carbocycles. The van der Waals surface area contributed by atoms with Crippen LogP contribution in [0, 0.1) is 6.92 Å². The number of ether oxygens (including phenoxy) is 1. The van der Waals surface area contributed by atoms with E-state index in [1.165, 1.54) is 7.11 Å². The highest BCUT2D eigenvalue weighted by Crippen LogP contribution is 2.14. The molecule has 2 aromatic heterocycles. The summed E-state index contributed by atoms with van der Waals surface area (Å²) in [5.41, 5.74) is 1.45. The molecule has 0 saturated heterocycles. The van der Waals surface area contributed by atoms with Crippen molar-refractivity contribution in [2.75, 3.05) is 7.11 Å². The number of aryl methyl sites for hydroxylation is 1. The van der Waals surface area contributed by atoms with Gasteiger partial charge in [0.25, 0.3) is 5.56 Å². The van der Waals surface area contributed by atoms with Gasteiger partial charge >= 0.3 is 5.97 Å². The number of aromatic nitrogens is 3. The molecular formula is C15H13N3O3S. The summed E-state index contributed by atoms with van der Waals surface area (Å²) in [6.07, 6.45) is 0.442. The van der Waals surface area contributed by atoms with Crippen LogP contribution in [0.25, 0.3) is 10.9 Å². The van der Waals surface area contributed by atoms with Crippen LogP contribution in [0.2, 0.25) is 0 Å². The van der Waals surface area contributed by atoms with E-state index >= 15 is 0 Å². The molecule has 7 heteroatoms. The van der Waals surface area contributed by atoms with Gasteiger partial charge in [0.15, 0.2) is 0 Å². The molecule has 0 aliphatic heterocycles. The van der Waals surface area contributed by atoms with Crippen LogP contribution < -0.4 is 5.56 Å². The molecule has 0 bridgehead atoms. The first kappa shape index (κ1) is 14.4. The van der Waals surface area contributed by atoms with Crippen molar-refractivity contribution in [3.8, 4) is 0 Å². The predicted octanol–water partition coefficient (Wildman–Crippen LogP) is 2.07. The van der Waals surface area contributed by atoms with Crippen LogP contribution in [-0.2, 0) is 11.2 Å². The van der Waals surface area contributed by atoms with Crippen LogP contribution >= 0.6 is 11.3 Å². The molecule has 1 aromatic carbocycles. The van der Waals surface area contributed by atoms with Gasteiger partial charge in [0.2, 0.25) is 0 Å². The molecule has 112 valence electrons. The molecule has 22 heavy (non-hydrogen) atoms. The zero-order chi connectivity index (χ0) is 15.7. The van der Waals surface area contributed by atoms with Crippen LogP contribution in [0.3, 0.4) is 0 Å². The zero-order valence-corrected chi connectivity index (χ0v) is 12.9. The molecule has 0 radical (unpaired) electrons. The van der Waals surface area contributed by atoms with Gasteiger partial charge in [0.05, 0.1) is 34.3 Å². The average molecular weight is 315 g/mol. The molecule has 0 amide bonds. The summed E-state index contributed by atoms with van der Waals surface area (Å²) >= 11 is 1.55. The monoisotopic (exact) mass is 315 g/mol. The Kier molecular flexibility index (Phi) is 3.72. The smallest absolute Gasteiger partial charge is 0.337 e. The normalized spacial score (nSPS) is 10.8. The van der Waals surface area contributed by atoms with E-state index in [1.54, 1.807) is 29.5 Å². The lowest BCUT2D eigenvalue weighted by atomic mass is 10.1. The van der Waals surface area contributed by atoms with E-state index in [9.17, 15) is 9.59 Å². The number of nitrogens with zero attached hydrogens (tertiary/aromatic N) is 2. The summed E-state index contributed by atoms with van der Waals surface area (Å²) in [6, 6.07) is 4.69. The number of rotatable bonds is 3. The number of esters is 1. The van der Waals surface area contributed by atoms with Gasteiger partial charge < -0.3 is 9.72 Å². The van der Waals surface area contributed by atoms with Gasteiger partial charge in [-0.05, 0) is 25.1 Å². The van der Waals surface area contributed by atoms with Gasteiger partial charge in [-0.2, -0.15) is 0 Å². The van der Waals surface area contributed by atoms with Gasteiger partial charge in [0, 0.05) is 11.8 Å². The van der Waals surface area contributed by atoms with Crippen molar-refractivity contribution in [1.29, 1.82) is 0 Å². The van der Waals surface area contributed by atoms with E-state index in [0.29, 0.717) is 28.7 Å². The molecule has 0 atom stereocenters. The Bertz CT molecular complexity index is 914. The number of benzene rings is 1. The van der Waals surface area contributed by atoms with E-state index in [0.717, 1.165) is 10.7 Å². The van der Waals surface area contributed by atoms with Crippen molar-refractivity contribution < 1.29 is 9.53 Å². The number of H-pyrrole nitrogens is 1. The highest BCUT2D eigenvalue weighted by molar-refractivity contribution is 7.09. The maximum Gasteiger partial charge on any atom is 0.337 e. The number of carbonyl (C=O) groups is 1. The van der Waals surface area contributed by atoms with Crippen molar-refractivity contribution >= 4 is 28.2 Å². The van der Waals surface area contributed by atoms with E-state index in [4.69, 9.17) is 0 Å². The summed E-state index contributed by atoms with van der Waals surface area (Å²) in [7, 11) is 1.31. The lowest BCUT2D eigenvalue weighted by Crippen LogP contribution is -2.13. The molecule has 0 aliphatic rings. The van der Waals surface area contributed by atoms with Gasteiger partial charge in [0.1, 0.15) is 5.82 Å². The Morgan fingerprint density at radius 3 is 2.86 bits per heavy atom. The van der Waals surface area contributed by atoms with Crippen molar-refractivity contribution in [1.82, 2.24) is 15.0 Å². The Morgan fingerprint density at radius 1 is 1.36 bits per heavy atom. The van der Waals surface area contributed by atoms with Gasteiger partial charge in [-0.25, -0.2) is 14.8 Å².